The number of hydrogen-bond donors (Lipinski definition) is 2. The number of benzene rings is 1. The summed E-state index contributed by atoms with van der Waals surface area (Å²) < 4.78 is 5.33. The summed E-state index contributed by atoms with van der Waals surface area (Å²) in [6, 6.07) is 4.95. The van der Waals surface area contributed by atoms with E-state index in [1.807, 2.05) is 0 Å². The highest BCUT2D eigenvalue weighted by Gasteiger charge is 2.25. The number of aromatic amines is 1. The number of nitro benzene ring substituents is 1. The summed E-state index contributed by atoms with van der Waals surface area (Å²) in [6.45, 7) is 0. The first kappa shape index (κ1) is 12.9. The second-order valence-electron chi connectivity index (χ2n) is 5.06. The fraction of sp³-hybridized carbons (Fsp3) is 0.462. The molecule has 2 N–H and O–H groups in total. The zero-order valence-electron chi connectivity index (χ0n) is 11.1. The van der Waals surface area contributed by atoms with Crippen molar-refractivity contribution in [3.8, 4) is 0 Å². The number of rotatable bonds is 4. The summed E-state index contributed by atoms with van der Waals surface area (Å²) >= 11 is 0. The number of methoxy groups -OCH3 is 1. The van der Waals surface area contributed by atoms with Crippen LogP contribution in [0.3, 0.4) is 0 Å². The van der Waals surface area contributed by atoms with Crippen molar-refractivity contribution < 1.29 is 9.66 Å². The average Bonchev–Trinajstić information content (AvgIpc) is 3.03. The van der Waals surface area contributed by atoms with Gasteiger partial charge in [-0.25, -0.2) is 4.98 Å². The minimum Gasteiger partial charge on any atom is -0.381 e. The number of ether oxygens (including phenoxy) is 1. The largest absolute Gasteiger partial charge is 0.381 e. The Bertz CT molecular complexity index is 640. The Morgan fingerprint density at radius 1 is 1.50 bits per heavy atom. The maximum Gasteiger partial charge on any atom is 0.271 e. The predicted octanol–water partition coefficient (Wildman–Crippen LogP) is 2.45. The van der Waals surface area contributed by atoms with Gasteiger partial charge in [0, 0.05) is 25.3 Å². The molecular weight excluding hydrogens is 260 g/mol. The van der Waals surface area contributed by atoms with Gasteiger partial charge in [0.25, 0.3) is 5.69 Å². The fourth-order valence-corrected chi connectivity index (χ4v) is 2.66. The molecule has 1 aliphatic carbocycles. The lowest BCUT2D eigenvalue weighted by Crippen LogP contribution is -2.17. The molecule has 106 valence electrons. The lowest BCUT2D eigenvalue weighted by atomic mass is 10.2. The molecule has 0 spiro atoms. The summed E-state index contributed by atoms with van der Waals surface area (Å²) in [6.07, 6.45) is 3.33. The Morgan fingerprint density at radius 2 is 2.35 bits per heavy atom. The number of nitro groups is 1. The van der Waals surface area contributed by atoms with E-state index < -0.39 is 4.92 Å². The van der Waals surface area contributed by atoms with Crippen molar-refractivity contribution in [3.05, 3.63) is 28.3 Å². The van der Waals surface area contributed by atoms with Gasteiger partial charge in [0.1, 0.15) is 0 Å². The molecule has 0 saturated heterocycles. The molecule has 0 radical (unpaired) electrons. The monoisotopic (exact) mass is 276 g/mol. The normalized spacial score (nSPS) is 22.2. The van der Waals surface area contributed by atoms with Crippen LogP contribution in [0.2, 0.25) is 0 Å². The Kier molecular flexibility index (Phi) is 3.27. The highest BCUT2D eigenvalue weighted by Crippen LogP contribution is 2.25. The Balaban J connectivity index is 1.77. The van der Waals surface area contributed by atoms with Crippen LogP contribution in [0.4, 0.5) is 11.6 Å². The van der Waals surface area contributed by atoms with Gasteiger partial charge in [-0.3, -0.25) is 10.1 Å². The summed E-state index contributed by atoms with van der Waals surface area (Å²) in [7, 11) is 1.73. The lowest BCUT2D eigenvalue weighted by Gasteiger charge is -2.11. The molecule has 1 aromatic carbocycles. The van der Waals surface area contributed by atoms with E-state index in [1.165, 1.54) is 12.1 Å². The van der Waals surface area contributed by atoms with Gasteiger partial charge in [0.05, 0.1) is 22.1 Å². The molecule has 1 aliphatic rings. The molecule has 20 heavy (non-hydrogen) atoms. The first-order valence-electron chi connectivity index (χ1n) is 6.59. The van der Waals surface area contributed by atoms with Gasteiger partial charge in [0.15, 0.2) is 0 Å². The number of imidazole rings is 1. The second kappa shape index (κ2) is 5.09. The Labute approximate surface area is 115 Å². The Morgan fingerprint density at radius 3 is 3.05 bits per heavy atom. The zero-order chi connectivity index (χ0) is 14.1. The van der Waals surface area contributed by atoms with E-state index in [1.54, 1.807) is 13.2 Å². The van der Waals surface area contributed by atoms with Crippen LogP contribution in [0, 0.1) is 10.1 Å². The molecule has 2 atom stereocenters. The molecule has 1 heterocycles. The zero-order valence-corrected chi connectivity index (χ0v) is 11.1. The van der Waals surface area contributed by atoms with E-state index in [0.29, 0.717) is 23.6 Å². The number of aromatic nitrogens is 2. The number of nitrogens with one attached hydrogen (secondary N) is 2. The van der Waals surface area contributed by atoms with Crippen LogP contribution in [-0.4, -0.2) is 34.1 Å². The van der Waals surface area contributed by atoms with E-state index in [0.717, 1.165) is 24.8 Å². The Hall–Kier alpha value is -2.15. The van der Waals surface area contributed by atoms with Gasteiger partial charge in [0.2, 0.25) is 5.95 Å². The summed E-state index contributed by atoms with van der Waals surface area (Å²) in [5, 5.41) is 14.1. The van der Waals surface area contributed by atoms with Crippen LogP contribution in [0.5, 0.6) is 0 Å². The lowest BCUT2D eigenvalue weighted by molar-refractivity contribution is -0.384. The minimum atomic E-state index is -0.409. The molecule has 0 bridgehead atoms. The standard InChI is InChI=1S/C13H16N4O3/c1-20-10-4-2-8(6-10)14-13-15-11-5-3-9(17(18)19)7-12(11)16-13/h3,5,7-8,10H,2,4,6H2,1H3,(H2,14,15,16). The topological polar surface area (TPSA) is 93.1 Å². The van der Waals surface area contributed by atoms with Crippen LogP contribution < -0.4 is 5.32 Å². The van der Waals surface area contributed by atoms with Gasteiger partial charge in [-0.2, -0.15) is 0 Å². The van der Waals surface area contributed by atoms with Crippen LogP contribution >= 0.6 is 0 Å². The van der Waals surface area contributed by atoms with Crippen molar-refractivity contribution in [2.45, 2.75) is 31.4 Å². The van der Waals surface area contributed by atoms with Crippen molar-refractivity contribution in [3.63, 3.8) is 0 Å². The van der Waals surface area contributed by atoms with Crippen molar-refractivity contribution in [2.24, 2.45) is 0 Å². The van der Waals surface area contributed by atoms with Gasteiger partial charge in [-0.15, -0.1) is 0 Å². The van der Waals surface area contributed by atoms with E-state index in [-0.39, 0.29) is 5.69 Å². The van der Waals surface area contributed by atoms with Crippen LogP contribution in [0.25, 0.3) is 11.0 Å². The SMILES string of the molecule is COC1CCC(Nc2nc3ccc([N+](=O)[O-])cc3[nH]2)C1. The molecule has 1 aromatic heterocycles. The van der Waals surface area contributed by atoms with E-state index in [9.17, 15) is 10.1 Å². The number of nitrogens with zero attached hydrogens (tertiary/aromatic N) is 2. The minimum absolute atomic E-state index is 0.0630. The number of fused-ring (bicyclic) bond motifs is 1. The number of H-pyrrole nitrogens is 1. The van der Waals surface area contributed by atoms with E-state index in [4.69, 9.17) is 4.74 Å². The number of anilines is 1. The van der Waals surface area contributed by atoms with Gasteiger partial charge < -0.3 is 15.0 Å². The van der Waals surface area contributed by atoms with Crippen LogP contribution in [-0.2, 0) is 4.74 Å². The first-order valence-corrected chi connectivity index (χ1v) is 6.59. The molecule has 3 rings (SSSR count). The van der Waals surface area contributed by atoms with Crippen LogP contribution in [0.1, 0.15) is 19.3 Å². The van der Waals surface area contributed by atoms with Crippen molar-refractivity contribution in [1.29, 1.82) is 0 Å². The number of hydrogen-bond acceptors (Lipinski definition) is 5. The molecule has 1 fully saturated rings. The van der Waals surface area contributed by atoms with Crippen molar-refractivity contribution in [1.82, 2.24) is 9.97 Å². The molecule has 1 saturated carbocycles. The third-order valence-corrected chi connectivity index (χ3v) is 3.73. The van der Waals surface area contributed by atoms with Gasteiger partial charge in [-0.05, 0) is 25.3 Å². The molecular formula is C13H16N4O3. The molecule has 7 nitrogen and oxygen atoms in total. The van der Waals surface area contributed by atoms with Gasteiger partial charge in [-0.1, -0.05) is 0 Å². The highest BCUT2D eigenvalue weighted by atomic mass is 16.6. The second-order valence-corrected chi connectivity index (χ2v) is 5.06. The average molecular weight is 276 g/mol. The maximum atomic E-state index is 10.7. The quantitative estimate of drug-likeness (QED) is 0.661. The molecule has 2 aromatic rings. The third-order valence-electron chi connectivity index (χ3n) is 3.73. The number of non-ortho nitro benzene ring substituents is 1. The predicted molar refractivity (Wildman–Crippen MR) is 74.8 cm³/mol. The smallest absolute Gasteiger partial charge is 0.271 e. The summed E-state index contributed by atoms with van der Waals surface area (Å²) in [5.41, 5.74) is 1.45. The third kappa shape index (κ3) is 2.44. The summed E-state index contributed by atoms with van der Waals surface area (Å²) in [4.78, 5) is 17.8. The first-order chi connectivity index (χ1) is 9.65. The van der Waals surface area contributed by atoms with Crippen molar-refractivity contribution in [2.75, 3.05) is 12.4 Å². The van der Waals surface area contributed by atoms with E-state index in [2.05, 4.69) is 15.3 Å². The summed E-state index contributed by atoms with van der Waals surface area (Å²) in [5.74, 6) is 0.655. The van der Waals surface area contributed by atoms with Gasteiger partial charge >= 0.3 is 0 Å². The molecule has 7 heteroatoms. The highest BCUT2D eigenvalue weighted by molar-refractivity contribution is 5.79. The van der Waals surface area contributed by atoms with Crippen LogP contribution in [0.15, 0.2) is 18.2 Å². The molecule has 0 amide bonds. The molecule has 0 aliphatic heterocycles. The van der Waals surface area contributed by atoms with Crippen molar-refractivity contribution >= 4 is 22.7 Å². The van der Waals surface area contributed by atoms with E-state index >= 15 is 0 Å². The maximum absolute atomic E-state index is 10.7. The molecule has 2 unspecified atom stereocenters. The fourth-order valence-electron chi connectivity index (χ4n) is 2.66.